The van der Waals surface area contributed by atoms with Crippen LogP contribution in [0.25, 0.3) is 0 Å². The van der Waals surface area contributed by atoms with Crippen LogP contribution in [0.5, 0.6) is 0 Å². The van der Waals surface area contributed by atoms with Crippen molar-refractivity contribution in [1.82, 2.24) is 4.90 Å². The minimum atomic E-state index is -0.918. The Labute approximate surface area is 114 Å². The molecule has 1 atom stereocenters. The van der Waals surface area contributed by atoms with Crippen LogP contribution in [0.2, 0.25) is 0 Å². The number of amides is 1. The largest absolute Gasteiger partial charge is 0.480 e. The quantitative estimate of drug-likeness (QED) is 0.853. The number of carboxylic acids is 1. The van der Waals surface area contributed by atoms with E-state index in [1.54, 1.807) is 0 Å². The van der Waals surface area contributed by atoms with Gasteiger partial charge in [-0.25, -0.2) is 4.79 Å². The van der Waals surface area contributed by atoms with E-state index in [1.807, 2.05) is 30.3 Å². The average Bonchev–Trinajstić information content (AvgIpc) is 2.86. The maximum atomic E-state index is 12.0. The van der Waals surface area contributed by atoms with Gasteiger partial charge in [-0.15, -0.1) is 23.5 Å². The first-order chi connectivity index (χ1) is 8.68. The molecule has 0 unspecified atom stereocenters. The first-order valence-electron chi connectivity index (χ1n) is 5.46. The van der Waals surface area contributed by atoms with Crippen LogP contribution in [0.4, 0.5) is 0 Å². The minimum absolute atomic E-state index is 0.110. The predicted molar refractivity (Wildman–Crippen MR) is 72.8 cm³/mol. The molecule has 0 spiro atoms. The van der Waals surface area contributed by atoms with Crippen molar-refractivity contribution in [3.63, 3.8) is 0 Å². The Bertz CT molecular complexity index is 438. The lowest BCUT2D eigenvalue weighted by molar-refractivity contribution is -0.146. The summed E-state index contributed by atoms with van der Waals surface area (Å²) in [7, 11) is 0. The molecule has 1 amide bonds. The Morgan fingerprint density at radius 2 is 2.11 bits per heavy atom. The van der Waals surface area contributed by atoms with Crippen LogP contribution in [0.15, 0.2) is 35.2 Å². The van der Waals surface area contributed by atoms with Gasteiger partial charge in [0.15, 0.2) is 0 Å². The van der Waals surface area contributed by atoms with Crippen molar-refractivity contribution < 1.29 is 14.7 Å². The second kappa shape index (κ2) is 6.15. The van der Waals surface area contributed by atoms with Crippen molar-refractivity contribution in [2.45, 2.75) is 10.9 Å². The minimum Gasteiger partial charge on any atom is -0.480 e. The number of carboxylic acid groups (broad SMARTS) is 1. The molecular formula is C12H13NO3S2. The summed E-state index contributed by atoms with van der Waals surface area (Å²) in [5.74, 6) is 0.218. The van der Waals surface area contributed by atoms with Crippen LogP contribution in [-0.2, 0) is 9.59 Å². The third-order valence-corrected chi connectivity index (χ3v) is 4.60. The van der Waals surface area contributed by atoms with Gasteiger partial charge in [0.2, 0.25) is 5.91 Å². The molecule has 0 aromatic heterocycles. The number of nitrogens with zero attached hydrogens (tertiary/aromatic N) is 1. The van der Waals surface area contributed by atoms with Gasteiger partial charge in [0.25, 0.3) is 0 Å². The second-order valence-corrected chi connectivity index (χ2v) is 5.87. The SMILES string of the molecule is O=C(O)[C@@H]1CSCN1C(=O)CSc1ccccc1. The summed E-state index contributed by atoms with van der Waals surface area (Å²) in [6, 6.07) is 8.95. The number of thioether (sulfide) groups is 2. The second-order valence-electron chi connectivity index (χ2n) is 3.82. The Morgan fingerprint density at radius 1 is 1.39 bits per heavy atom. The first kappa shape index (κ1) is 13.3. The normalized spacial score (nSPS) is 18.9. The van der Waals surface area contributed by atoms with Crippen LogP contribution < -0.4 is 0 Å². The highest BCUT2D eigenvalue weighted by molar-refractivity contribution is 8.00. The summed E-state index contributed by atoms with van der Waals surface area (Å²) in [4.78, 5) is 25.4. The monoisotopic (exact) mass is 283 g/mol. The molecule has 4 nitrogen and oxygen atoms in total. The molecule has 1 fully saturated rings. The molecule has 1 aliphatic rings. The van der Waals surface area contributed by atoms with Crippen molar-refractivity contribution in [2.75, 3.05) is 17.4 Å². The predicted octanol–water partition coefficient (Wildman–Crippen LogP) is 1.76. The lowest BCUT2D eigenvalue weighted by Crippen LogP contribution is -2.42. The zero-order valence-corrected chi connectivity index (χ0v) is 11.2. The summed E-state index contributed by atoms with van der Waals surface area (Å²) in [5, 5.41) is 9.00. The van der Waals surface area contributed by atoms with E-state index in [4.69, 9.17) is 5.11 Å². The molecule has 1 aromatic carbocycles. The molecule has 96 valence electrons. The van der Waals surface area contributed by atoms with Crippen LogP contribution >= 0.6 is 23.5 Å². The molecule has 1 N–H and O–H groups in total. The molecule has 6 heteroatoms. The van der Waals surface area contributed by atoms with Gasteiger partial charge in [-0.1, -0.05) is 18.2 Å². The van der Waals surface area contributed by atoms with Gasteiger partial charge in [0.05, 0.1) is 11.6 Å². The molecule has 1 saturated heterocycles. The number of rotatable bonds is 4. The average molecular weight is 283 g/mol. The van der Waals surface area contributed by atoms with Gasteiger partial charge in [0, 0.05) is 10.6 Å². The Morgan fingerprint density at radius 3 is 2.78 bits per heavy atom. The van der Waals surface area contributed by atoms with E-state index < -0.39 is 12.0 Å². The van der Waals surface area contributed by atoms with Gasteiger partial charge in [-0.2, -0.15) is 0 Å². The molecule has 1 heterocycles. The van der Waals surface area contributed by atoms with Crippen LogP contribution in [-0.4, -0.2) is 45.3 Å². The Kier molecular flexibility index (Phi) is 4.54. The Balaban J connectivity index is 1.90. The lowest BCUT2D eigenvalue weighted by Gasteiger charge is -2.20. The molecule has 1 aromatic rings. The van der Waals surface area contributed by atoms with Gasteiger partial charge >= 0.3 is 5.97 Å². The standard InChI is InChI=1S/C12H13NO3S2/c14-11(7-18-9-4-2-1-3-5-9)13-8-17-6-10(13)12(15)16/h1-5,10H,6-8H2,(H,15,16)/t10-/m0/s1. The molecule has 0 aliphatic carbocycles. The van der Waals surface area contributed by atoms with Crippen molar-refractivity contribution in [1.29, 1.82) is 0 Å². The summed E-state index contributed by atoms with van der Waals surface area (Å²) in [5.41, 5.74) is 0. The van der Waals surface area contributed by atoms with Crippen molar-refractivity contribution in [3.05, 3.63) is 30.3 Å². The highest BCUT2D eigenvalue weighted by Gasteiger charge is 2.34. The summed E-state index contributed by atoms with van der Waals surface area (Å²) in [6.07, 6.45) is 0. The van der Waals surface area contributed by atoms with Crippen molar-refractivity contribution in [3.8, 4) is 0 Å². The van der Waals surface area contributed by atoms with Crippen LogP contribution in [0.3, 0.4) is 0 Å². The van der Waals surface area contributed by atoms with Crippen molar-refractivity contribution >= 4 is 35.4 Å². The fraction of sp³-hybridized carbons (Fsp3) is 0.333. The summed E-state index contributed by atoms with van der Waals surface area (Å²) in [6.45, 7) is 0. The number of hydrogen-bond donors (Lipinski definition) is 1. The van der Waals surface area contributed by atoms with Gasteiger partial charge in [0.1, 0.15) is 6.04 Å². The molecule has 0 bridgehead atoms. The maximum Gasteiger partial charge on any atom is 0.327 e. The first-order valence-corrected chi connectivity index (χ1v) is 7.60. The van der Waals surface area contributed by atoms with Crippen LogP contribution in [0, 0.1) is 0 Å². The fourth-order valence-corrected chi connectivity index (χ4v) is 3.62. The molecule has 18 heavy (non-hydrogen) atoms. The van der Waals surface area contributed by atoms with Gasteiger partial charge in [-0.3, -0.25) is 4.79 Å². The fourth-order valence-electron chi connectivity index (χ4n) is 1.64. The third-order valence-electron chi connectivity index (χ3n) is 2.59. The number of carbonyl (C=O) groups excluding carboxylic acids is 1. The van der Waals surface area contributed by atoms with Crippen molar-refractivity contribution in [2.24, 2.45) is 0 Å². The van der Waals surface area contributed by atoms with Crippen LogP contribution in [0.1, 0.15) is 0 Å². The number of carbonyl (C=O) groups is 2. The highest BCUT2D eigenvalue weighted by Crippen LogP contribution is 2.24. The molecule has 1 aliphatic heterocycles. The van der Waals surface area contributed by atoms with Gasteiger partial charge < -0.3 is 10.0 Å². The summed E-state index contributed by atoms with van der Waals surface area (Å²) < 4.78 is 0. The van der Waals surface area contributed by atoms with E-state index in [1.165, 1.54) is 28.4 Å². The molecule has 0 saturated carbocycles. The molecule has 2 rings (SSSR count). The van der Waals surface area contributed by atoms with Gasteiger partial charge in [-0.05, 0) is 12.1 Å². The molecule has 0 radical (unpaired) electrons. The number of hydrogen-bond acceptors (Lipinski definition) is 4. The van der Waals surface area contributed by atoms with E-state index in [0.29, 0.717) is 11.6 Å². The maximum absolute atomic E-state index is 12.0. The summed E-state index contributed by atoms with van der Waals surface area (Å²) >= 11 is 2.92. The number of aliphatic carboxylic acids is 1. The third kappa shape index (κ3) is 3.20. The van der Waals surface area contributed by atoms with E-state index in [0.717, 1.165) is 4.90 Å². The Hall–Kier alpha value is -1.14. The zero-order chi connectivity index (χ0) is 13.0. The van der Waals surface area contributed by atoms with E-state index in [9.17, 15) is 9.59 Å². The highest BCUT2D eigenvalue weighted by atomic mass is 32.2. The van der Waals surface area contributed by atoms with E-state index in [2.05, 4.69) is 0 Å². The van der Waals surface area contributed by atoms with E-state index >= 15 is 0 Å². The van der Waals surface area contributed by atoms with E-state index in [-0.39, 0.29) is 11.7 Å². The zero-order valence-electron chi connectivity index (χ0n) is 9.61. The number of benzene rings is 1. The lowest BCUT2D eigenvalue weighted by atomic mass is 10.3. The molecular weight excluding hydrogens is 270 g/mol. The topological polar surface area (TPSA) is 57.6 Å². The smallest absolute Gasteiger partial charge is 0.327 e.